The highest BCUT2D eigenvalue weighted by Gasteiger charge is 2.28. The molecule has 4 aromatic rings. The van der Waals surface area contributed by atoms with Crippen LogP contribution in [-0.4, -0.2) is 31.0 Å². The van der Waals surface area contributed by atoms with Crippen LogP contribution in [0.15, 0.2) is 105 Å². The maximum atomic E-state index is 12.7. The summed E-state index contributed by atoms with van der Waals surface area (Å²) in [7, 11) is -4.72. The molecule has 0 saturated heterocycles. The van der Waals surface area contributed by atoms with Crippen molar-refractivity contribution in [3.05, 3.63) is 102 Å². The fourth-order valence-corrected chi connectivity index (χ4v) is 4.17. The molecule has 180 valence electrons. The average Bonchev–Trinajstić information content (AvgIpc) is 3.52. The van der Waals surface area contributed by atoms with E-state index in [-0.39, 0.29) is 17.2 Å². The third kappa shape index (κ3) is 4.58. The number of hydrogen-bond donors (Lipinski definition) is 0. The Labute approximate surface area is 204 Å². The van der Waals surface area contributed by atoms with Gasteiger partial charge < -0.3 is 9.15 Å². The van der Waals surface area contributed by atoms with Gasteiger partial charge in [-0.25, -0.2) is 23.2 Å². The molecule has 0 aliphatic carbocycles. The van der Waals surface area contributed by atoms with Crippen molar-refractivity contribution in [1.29, 1.82) is 0 Å². The number of esters is 1. The lowest BCUT2D eigenvalue weighted by atomic mass is 10.1. The highest BCUT2D eigenvalue weighted by Crippen LogP contribution is 2.27. The van der Waals surface area contributed by atoms with Crippen molar-refractivity contribution < 1.29 is 31.1 Å². The van der Waals surface area contributed by atoms with Gasteiger partial charge >= 0.3 is 11.7 Å². The summed E-state index contributed by atoms with van der Waals surface area (Å²) in [4.78, 5) is 20.2. The fourth-order valence-electron chi connectivity index (χ4n) is 3.45. The number of nitrogens with zero attached hydrogens (tertiary/aromatic N) is 2. The van der Waals surface area contributed by atoms with Gasteiger partial charge in [0.05, 0.1) is 11.1 Å². The van der Waals surface area contributed by atoms with E-state index >= 15 is 0 Å². The van der Waals surface area contributed by atoms with E-state index in [1.165, 1.54) is 18.2 Å². The Bertz CT molecular complexity index is 1590. The summed E-state index contributed by atoms with van der Waals surface area (Å²) in [5.41, 5.74) is 2.63. The van der Waals surface area contributed by atoms with Crippen LogP contribution in [0.3, 0.4) is 0 Å². The summed E-state index contributed by atoms with van der Waals surface area (Å²) in [5.74, 6) is -3.19. The van der Waals surface area contributed by atoms with E-state index < -0.39 is 26.5 Å². The number of carbonyl (C=O) groups excluding carboxylic acids is 1. The van der Waals surface area contributed by atoms with E-state index in [0.29, 0.717) is 17.2 Å². The summed E-state index contributed by atoms with van der Waals surface area (Å²) in [6.07, 6.45) is 3.18. The number of benzene rings is 3. The second-order valence-electron chi connectivity index (χ2n) is 7.68. The second-order valence-corrected chi connectivity index (χ2v) is 9.60. The Morgan fingerprint density at radius 1 is 0.833 bits per heavy atom. The first-order chi connectivity index (χ1) is 17.3. The lowest BCUT2D eigenvalue weighted by molar-refractivity contribution is -0.129. The van der Waals surface area contributed by atoms with Crippen LogP contribution in [0, 0.1) is 0 Å². The molecule has 36 heavy (non-hydrogen) atoms. The molecule has 0 unspecified atom stereocenters. The third-order valence-electron chi connectivity index (χ3n) is 5.31. The standard InChI is InChI=1S/C26H16F2N2O5S/c27-26(28)36(32,33)20-12-10-19(11-13-20)24-30-21(25(31)35-24)14-16-6-8-18(9-7-16)23-29-15-22(34-23)17-4-2-1-3-5-17/h1-15,26H. The smallest absolute Gasteiger partial charge is 0.363 e. The van der Waals surface area contributed by atoms with E-state index in [0.717, 1.165) is 23.3 Å². The van der Waals surface area contributed by atoms with Gasteiger partial charge in [0, 0.05) is 16.7 Å². The number of aromatic nitrogens is 1. The van der Waals surface area contributed by atoms with Crippen LogP contribution in [0.2, 0.25) is 0 Å². The number of oxazole rings is 1. The molecule has 0 radical (unpaired) electrons. The van der Waals surface area contributed by atoms with E-state index in [2.05, 4.69) is 9.98 Å². The number of rotatable bonds is 6. The third-order valence-corrected chi connectivity index (χ3v) is 6.71. The van der Waals surface area contributed by atoms with E-state index in [4.69, 9.17) is 9.15 Å². The zero-order chi connectivity index (χ0) is 25.3. The van der Waals surface area contributed by atoms with Gasteiger partial charge in [-0.2, -0.15) is 8.78 Å². The number of halogens is 2. The molecule has 3 aromatic carbocycles. The normalized spacial score (nSPS) is 14.8. The molecule has 10 heteroatoms. The number of carbonyl (C=O) groups is 1. The minimum Gasteiger partial charge on any atom is -0.436 e. The summed E-state index contributed by atoms with van der Waals surface area (Å²) >= 11 is 0. The molecule has 1 aliphatic heterocycles. The van der Waals surface area contributed by atoms with Crippen molar-refractivity contribution in [1.82, 2.24) is 4.98 Å². The van der Waals surface area contributed by atoms with Gasteiger partial charge in [-0.05, 0) is 48.0 Å². The van der Waals surface area contributed by atoms with Crippen molar-refractivity contribution in [3.63, 3.8) is 0 Å². The molecule has 0 spiro atoms. The minimum absolute atomic E-state index is 0.0320. The predicted molar refractivity (Wildman–Crippen MR) is 128 cm³/mol. The van der Waals surface area contributed by atoms with Crippen LogP contribution in [0.1, 0.15) is 11.1 Å². The molecule has 2 heterocycles. The van der Waals surface area contributed by atoms with Crippen LogP contribution in [0.25, 0.3) is 28.9 Å². The van der Waals surface area contributed by atoms with Crippen LogP contribution in [-0.2, 0) is 19.4 Å². The lowest BCUT2D eigenvalue weighted by Crippen LogP contribution is -2.12. The number of aliphatic imine (C=N–C) groups is 1. The Kier molecular flexibility index (Phi) is 6.03. The van der Waals surface area contributed by atoms with Crippen LogP contribution >= 0.6 is 0 Å². The first-order valence-corrected chi connectivity index (χ1v) is 12.1. The van der Waals surface area contributed by atoms with Gasteiger partial charge in [0.2, 0.25) is 21.6 Å². The van der Waals surface area contributed by atoms with Crippen LogP contribution in [0.5, 0.6) is 0 Å². The van der Waals surface area contributed by atoms with Crippen molar-refractivity contribution in [3.8, 4) is 22.8 Å². The molecule has 5 rings (SSSR count). The Balaban J connectivity index is 1.34. The summed E-state index contributed by atoms with van der Waals surface area (Å²) in [6, 6.07) is 21.2. The summed E-state index contributed by atoms with van der Waals surface area (Å²) < 4.78 is 59.6. The molecular weight excluding hydrogens is 490 g/mol. The molecule has 1 aliphatic rings. The largest absolute Gasteiger partial charge is 0.436 e. The van der Waals surface area contributed by atoms with Gasteiger partial charge in [-0.1, -0.05) is 42.5 Å². The molecule has 0 bridgehead atoms. The lowest BCUT2D eigenvalue weighted by Gasteiger charge is -2.04. The Morgan fingerprint density at radius 3 is 2.17 bits per heavy atom. The maximum absolute atomic E-state index is 12.7. The molecule has 0 atom stereocenters. The van der Waals surface area contributed by atoms with Gasteiger partial charge in [0.25, 0.3) is 0 Å². The summed E-state index contributed by atoms with van der Waals surface area (Å²) in [6.45, 7) is 0. The molecule has 0 amide bonds. The molecule has 7 nitrogen and oxygen atoms in total. The topological polar surface area (TPSA) is 98.8 Å². The van der Waals surface area contributed by atoms with Crippen molar-refractivity contribution in [2.24, 2.45) is 4.99 Å². The van der Waals surface area contributed by atoms with Gasteiger partial charge in [-0.15, -0.1) is 0 Å². The summed E-state index contributed by atoms with van der Waals surface area (Å²) in [5, 5.41) is 0. The number of ether oxygens (including phenoxy) is 1. The highest BCUT2D eigenvalue weighted by molar-refractivity contribution is 7.91. The Hall–Kier alpha value is -4.44. The van der Waals surface area contributed by atoms with Crippen molar-refractivity contribution in [2.45, 2.75) is 10.7 Å². The van der Waals surface area contributed by atoms with E-state index in [1.54, 1.807) is 30.5 Å². The average molecular weight is 506 g/mol. The van der Waals surface area contributed by atoms with Gasteiger partial charge in [0.1, 0.15) is 0 Å². The minimum atomic E-state index is -4.72. The number of alkyl halides is 2. The van der Waals surface area contributed by atoms with Gasteiger partial charge in [0.15, 0.2) is 11.5 Å². The maximum Gasteiger partial charge on any atom is 0.363 e. The first-order valence-electron chi connectivity index (χ1n) is 10.6. The number of cyclic esters (lactones) is 1. The first kappa shape index (κ1) is 23.3. The second kappa shape index (κ2) is 9.31. The van der Waals surface area contributed by atoms with Crippen LogP contribution in [0.4, 0.5) is 8.78 Å². The fraction of sp³-hybridized carbons (Fsp3) is 0.0385. The van der Waals surface area contributed by atoms with E-state index in [9.17, 15) is 22.0 Å². The van der Waals surface area contributed by atoms with Crippen LogP contribution < -0.4 is 0 Å². The highest BCUT2D eigenvalue weighted by atomic mass is 32.2. The monoisotopic (exact) mass is 506 g/mol. The molecular formula is C26H16F2N2O5S. The molecule has 0 fully saturated rings. The zero-order valence-electron chi connectivity index (χ0n) is 18.3. The number of hydrogen-bond acceptors (Lipinski definition) is 7. The van der Waals surface area contributed by atoms with E-state index in [1.807, 2.05) is 30.3 Å². The zero-order valence-corrected chi connectivity index (χ0v) is 19.2. The van der Waals surface area contributed by atoms with Crippen molar-refractivity contribution in [2.75, 3.05) is 0 Å². The number of sulfone groups is 1. The van der Waals surface area contributed by atoms with Crippen molar-refractivity contribution >= 4 is 27.8 Å². The predicted octanol–water partition coefficient (Wildman–Crippen LogP) is 5.35. The van der Waals surface area contributed by atoms with Gasteiger partial charge in [-0.3, -0.25) is 0 Å². The molecule has 0 saturated carbocycles. The molecule has 1 aromatic heterocycles. The quantitative estimate of drug-likeness (QED) is 0.258. The Morgan fingerprint density at radius 2 is 1.50 bits per heavy atom. The SMILES string of the molecule is O=C1OC(c2ccc(S(=O)(=O)C(F)F)cc2)=NC1=Cc1ccc(-c2ncc(-c3ccccc3)o2)cc1. The molecule has 0 N–H and O–H groups in total.